The van der Waals surface area contributed by atoms with E-state index in [2.05, 4.69) is 27.7 Å². The Balaban J connectivity index is 5.00. The molecule has 0 heterocycles. The summed E-state index contributed by atoms with van der Waals surface area (Å²) in [5.74, 6) is 0.0686. The van der Waals surface area contributed by atoms with E-state index in [0.29, 0.717) is 0 Å². The van der Waals surface area contributed by atoms with E-state index < -0.39 is 18.4 Å². The van der Waals surface area contributed by atoms with Crippen molar-refractivity contribution in [3.05, 3.63) is 0 Å². The maximum atomic E-state index is 12.1. The summed E-state index contributed by atoms with van der Waals surface area (Å²) in [5.41, 5.74) is 0. The van der Waals surface area contributed by atoms with E-state index in [-0.39, 0.29) is 9.90 Å². The van der Waals surface area contributed by atoms with E-state index in [0.717, 1.165) is 0 Å². The molecule has 0 aromatic heterocycles. The molecule has 2 nitrogen and oxygen atoms in total. The van der Waals surface area contributed by atoms with Gasteiger partial charge < -0.3 is 0 Å². The van der Waals surface area contributed by atoms with Crippen LogP contribution in [-0.2, 0) is 9.53 Å². The molecule has 0 saturated carbocycles. The third-order valence-electron chi connectivity index (χ3n) is 4.56. The first kappa shape index (κ1) is 19.3. The number of carbonyl (C=O) groups is 1. The van der Waals surface area contributed by atoms with Crippen molar-refractivity contribution in [2.75, 3.05) is 7.11 Å². The van der Waals surface area contributed by atoms with Crippen molar-refractivity contribution >= 4 is 24.3 Å². The summed E-state index contributed by atoms with van der Waals surface area (Å²) in [7, 11) is 1.55. The molecule has 0 bridgehead atoms. The summed E-state index contributed by atoms with van der Waals surface area (Å²) in [6, 6.07) is 0. The van der Waals surface area contributed by atoms with E-state index in [4.69, 9.17) is 4.74 Å². The fourth-order valence-electron chi connectivity index (χ4n) is 3.04. The SMILES string of the molecule is CCC[CH2][Sn]([CH2]CCC)([CH2]CCC)[CH](C)C(=O)OC. The number of esters is 1. The Kier molecular flexibility index (Phi) is 11.1. The predicted octanol–water partition coefficient (Wildman–Crippen LogP) is 5.40. The van der Waals surface area contributed by atoms with E-state index in [1.807, 2.05) is 0 Å². The van der Waals surface area contributed by atoms with Gasteiger partial charge in [-0.25, -0.2) is 0 Å². The third-order valence-corrected chi connectivity index (χ3v) is 22.0. The first-order valence-corrected chi connectivity index (χ1v) is 15.9. The molecular formula is C16H34O2Sn. The molecule has 0 aromatic carbocycles. The molecule has 19 heavy (non-hydrogen) atoms. The number of carbonyl (C=O) groups excluding carboxylic acids is 1. The van der Waals surface area contributed by atoms with Crippen LogP contribution in [0.15, 0.2) is 0 Å². The first-order chi connectivity index (χ1) is 9.07. The van der Waals surface area contributed by atoms with Crippen LogP contribution in [-0.4, -0.2) is 31.5 Å². The normalized spacial score (nSPS) is 13.3. The zero-order valence-corrected chi connectivity index (χ0v) is 16.6. The van der Waals surface area contributed by atoms with Crippen LogP contribution in [0.3, 0.4) is 0 Å². The van der Waals surface area contributed by atoms with Gasteiger partial charge in [0.2, 0.25) is 0 Å². The molecule has 0 saturated heterocycles. The molecule has 1 atom stereocenters. The Morgan fingerprint density at radius 2 is 1.32 bits per heavy atom. The third kappa shape index (κ3) is 6.50. The molecule has 0 rings (SSSR count). The zero-order valence-electron chi connectivity index (χ0n) is 13.8. The van der Waals surface area contributed by atoms with Crippen molar-refractivity contribution in [1.29, 1.82) is 0 Å². The van der Waals surface area contributed by atoms with Crippen molar-refractivity contribution in [2.24, 2.45) is 0 Å². The van der Waals surface area contributed by atoms with Crippen molar-refractivity contribution in [3.63, 3.8) is 0 Å². The Bertz CT molecular complexity index is 219. The quantitative estimate of drug-likeness (QED) is 0.356. The van der Waals surface area contributed by atoms with E-state index in [1.165, 1.54) is 51.8 Å². The standard InChI is InChI=1S/C4H7O2.3C4H9.Sn/c1-3-4(5)6-2;3*1-3-4-2;/h3H,1-2H3;3*1,3-4H2,2H3;. The molecule has 114 valence electrons. The summed E-state index contributed by atoms with van der Waals surface area (Å²) < 4.78 is 9.44. The summed E-state index contributed by atoms with van der Waals surface area (Å²) in [4.78, 5) is 12.1. The van der Waals surface area contributed by atoms with Gasteiger partial charge in [-0.1, -0.05) is 0 Å². The minimum absolute atomic E-state index is 0.0686. The summed E-state index contributed by atoms with van der Waals surface area (Å²) in [5, 5.41) is 0. The van der Waals surface area contributed by atoms with Gasteiger partial charge in [0.25, 0.3) is 0 Å². The Hall–Kier alpha value is 0.269. The predicted molar refractivity (Wildman–Crippen MR) is 86.3 cm³/mol. The second kappa shape index (κ2) is 11.0. The van der Waals surface area contributed by atoms with Gasteiger partial charge in [0.1, 0.15) is 0 Å². The summed E-state index contributed by atoms with van der Waals surface area (Å²) >= 11 is -2.38. The molecule has 0 fully saturated rings. The van der Waals surface area contributed by atoms with Crippen LogP contribution >= 0.6 is 0 Å². The Labute approximate surface area is 124 Å². The van der Waals surface area contributed by atoms with Crippen molar-refractivity contribution in [2.45, 2.75) is 83.5 Å². The molecule has 0 N–H and O–H groups in total. The van der Waals surface area contributed by atoms with Crippen molar-refractivity contribution in [3.8, 4) is 0 Å². The molecule has 3 heteroatoms. The second-order valence-electron chi connectivity index (χ2n) is 5.92. The van der Waals surface area contributed by atoms with Gasteiger partial charge in [-0.15, -0.1) is 0 Å². The maximum absolute atomic E-state index is 12.1. The number of methoxy groups -OCH3 is 1. The van der Waals surface area contributed by atoms with E-state index >= 15 is 0 Å². The van der Waals surface area contributed by atoms with E-state index in [9.17, 15) is 4.79 Å². The summed E-state index contributed by atoms with van der Waals surface area (Å²) in [6.45, 7) is 8.96. The van der Waals surface area contributed by atoms with Crippen LogP contribution in [0.1, 0.15) is 66.2 Å². The first-order valence-electron chi connectivity index (χ1n) is 8.15. The van der Waals surface area contributed by atoms with Crippen molar-refractivity contribution < 1.29 is 9.53 Å². The fraction of sp³-hybridized carbons (Fsp3) is 0.938. The second-order valence-corrected chi connectivity index (χ2v) is 20.4. The minimum atomic E-state index is -2.38. The molecule has 0 aliphatic carbocycles. The van der Waals surface area contributed by atoms with Crippen LogP contribution in [0.5, 0.6) is 0 Å². The zero-order chi connectivity index (χ0) is 14.7. The molecule has 0 aliphatic heterocycles. The van der Waals surface area contributed by atoms with Crippen LogP contribution < -0.4 is 0 Å². The van der Waals surface area contributed by atoms with Gasteiger partial charge in [0, 0.05) is 0 Å². The van der Waals surface area contributed by atoms with Gasteiger partial charge in [0.15, 0.2) is 0 Å². The topological polar surface area (TPSA) is 26.3 Å². The molecule has 0 spiro atoms. The number of unbranched alkanes of at least 4 members (excludes halogenated alkanes) is 3. The monoisotopic (exact) mass is 378 g/mol. The van der Waals surface area contributed by atoms with Crippen LogP contribution in [0.2, 0.25) is 17.2 Å². The van der Waals surface area contributed by atoms with Crippen LogP contribution in [0.25, 0.3) is 0 Å². The number of rotatable bonds is 11. The Morgan fingerprint density at radius 1 is 0.947 bits per heavy atom. The molecule has 0 aliphatic rings. The number of hydrogen-bond donors (Lipinski definition) is 0. The fourth-order valence-corrected chi connectivity index (χ4v) is 19.7. The number of hydrogen-bond acceptors (Lipinski definition) is 2. The molecule has 0 amide bonds. The van der Waals surface area contributed by atoms with Gasteiger partial charge in [-0.05, 0) is 0 Å². The molecule has 0 aromatic rings. The van der Waals surface area contributed by atoms with Gasteiger partial charge in [-0.2, -0.15) is 0 Å². The average Bonchev–Trinajstić information content (AvgIpc) is 2.45. The van der Waals surface area contributed by atoms with Crippen LogP contribution in [0.4, 0.5) is 0 Å². The van der Waals surface area contributed by atoms with Crippen LogP contribution in [0, 0.1) is 0 Å². The van der Waals surface area contributed by atoms with Gasteiger partial charge in [-0.3, -0.25) is 0 Å². The molecule has 0 radical (unpaired) electrons. The Morgan fingerprint density at radius 3 is 1.58 bits per heavy atom. The number of ether oxygens (including phenoxy) is 1. The van der Waals surface area contributed by atoms with Crippen molar-refractivity contribution in [1.82, 2.24) is 0 Å². The van der Waals surface area contributed by atoms with Gasteiger partial charge >= 0.3 is 124 Å². The molecular weight excluding hydrogens is 343 g/mol. The average molecular weight is 377 g/mol. The van der Waals surface area contributed by atoms with Gasteiger partial charge in [0.05, 0.1) is 0 Å². The molecule has 1 unspecified atom stereocenters. The summed E-state index contributed by atoms with van der Waals surface area (Å²) in [6.07, 6.45) is 7.70. The van der Waals surface area contributed by atoms with E-state index in [1.54, 1.807) is 7.11 Å².